The summed E-state index contributed by atoms with van der Waals surface area (Å²) in [5.74, 6) is -0.140. The van der Waals surface area contributed by atoms with Crippen molar-refractivity contribution in [2.45, 2.75) is 6.61 Å². The fourth-order valence-corrected chi connectivity index (χ4v) is 3.31. The normalized spacial score (nSPS) is 13.9. The van der Waals surface area contributed by atoms with Gasteiger partial charge in [0.15, 0.2) is 5.76 Å². The van der Waals surface area contributed by atoms with E-state index in [1.165, 1.54) is 12.3 Å². The number of rotatable bonds is 5. The molecule has 1 aromatic heterocycles. The summed E-state index contributed by atoms with van der Waals surface area (Å²) in [4.78, 5) is 29.0. The molecule has 148 valence electrons. The van der Waals surface area contributed by atoms with Gasteiger partial charge in [0.05, 0.1) is 0 Å². The quantitative estimate of drug-likeness (QED) is 0.670. The Morgan fingerprint density at radius 2 is 1.59 bits per heavy atom. The number of nitrogens with zero attached hydrogens (tertiary/aromatic N) is 2. The lowest BCUT2D eigenvalue weighted by Gasteiger charge is -2.35. The van der Waals surface area contributed by atoms with Crippen LogP contribution in [0.3, 0.4) is 0 Å². The van der Waals surface area contributed by atoms with Crippen LogP contribution in [0.1, 0.15) is 16.1 Å². The van der Waals surface area contributed by atoms with Crippen LogP contribution < -0.4 is 15.1 Å². The van der Waals surface area contributed by atoms with Gasteiger partial charge in [0, 0.05) is 37.9 Å². The lowest BCUT2D eigenvalue weighted by molar-refractivity contribution is 0.0711. The van der Waals surface area contributed by atoms with Crippen molar-refractivity contribution >= 4 is 11.6 Å². The summed E-state index contributed by atoms with van der Waals surface area (Å²) in [5, 5.41) is 0. The van der Waals surface area contributed by atoms with Crippen LogP contribution in [0.2, 0.25) is 0 Å². The van der Waals surface area contributed by atoms with Crippen LogP contribution in [-0.4, -0.2) is 37.0 Å². The number of para-hydroxylation sites is 1. The highest BCUT2D eigenvalue weighted by Crippen LogP contribution is 2.17. The number of benzene rings is 2. The zero-order chi connectivity index (χ0) is 20.1. The number of anilines is 1. The van der Waals surface area contributed by atoms with Gasteiger partial charge in [-0.15, -0.1) is 0 Å². The standard InChI is InChI=1S/C23H22N2O4/c26-20-15-21(29-17-22(20)28-16-18-7-3-1-4-8-18)23(27)25-13-11-24(12-14-25)19-9-5-2-6-10-19/h1-10,15,17H,11-14,16H2. The van der Waals surface area contributed by atoms with Gasteiger partial charge in [-0.3, -0.25) is 9.59 Å². The van der Waals surface area contributed by atoms with Crippen LogP contribution in [0.25, 0.3) is 0 Å². The Labute approximate surface area is 168 Å². The van der Waals surface area contributed by atoms with E-state index in [1.54, 1.807) is 4.90 Å². The molecule has 0 N–H and O–H groups in total. The predicted molar refractivity (Wildman–Crippen MR) is 110 cm³/mol. The molecule has 2 heterocycles. The number of carbonyl (C=O) groups excluding carboxylic acids is 1. The van der Waals surface area contributed by atoms with Gasteiger partial charge in [-0.1, -0.05) is 48.5 Å². The number of hydrogen-bond donors (Lipinski definition) is 0. The fraction of sp³-hybridized carbons (Fsp3) is 0.217. The molecule has 1 aliphatic heterocycles. The van der Waals surface area contributed by atoms with Crippen LogP contribution in [0.5, 0.6) is 5.75 Å². The molecule has 1 saturated heterocycles. The first kappa shape index (κ1) is 18.8. The van der Waals surface area contributed by atoms with Crippen molar-refractivity contribution in [1.82, 2.24) is 4.90 Å². The maximum Gasteiger partial charge on any atom is 0.289 e. The third-order valence-corrected chi connectivity index (χ3v) is 4.93. The van der Waals surface area contributed by atoms with Gasteiger partial charge in [-0.05, 0) is 17.7 Å². The molecule has 1 aliphatic rings. The van der Waals surface area contributed by atoms with Crippen molar-refractivity contribution in [1.29, 1.82) is 0 Å². The molecular weight excluding hydrogens is 368 g/mol. The molecular formula is C23H22N2O4. The van der Waals surface area contributed by atoms with Crippen molar-refractivity contribution in [2.75, 3.05) is 31.1 Å². The van der Waals surface area contributed by atoms with Crippen molar-refractivity contribution < 1.29 is 13.9 Å². The summed E-state index contributed by atoms with van der Waals surface area (Å²) >= 11 is 0. The first-order chi connectivity index (χ1) is 14.2. The minimum absolute atomic E-state index is 0.0372. The summed E-state index contributed by atoms with van der Waals surface area (Å²) < 4.78 is 11.0. The minimum atomic E-state index is -0.363. The van der Waals surface area contributed by atoms with Gasteiger partial charge < -0.3 is 19.0 Å². The van der Waals surface area contributed by atoms with Crippen molar-refractivity contribution in [3.8, 4) is 5.75 Å². The molecule has 4 rings (SSSR count). The number of carbonyl (C=O) groups is 1. The lowest BCUT2D eigenvalue weighted by atomic mass is 10.2. The molecule has 3 aromatic rings. The largest absolute Gasteiger partial charge is 0.482 e. The molecule has 1 amide bonds. The molecule has 0 atom stereocenters. The van der Waals surface area contributed by atoms with Gasteiger partial charge in [-0.2, -0.15) is 0 Å². The monoisotopic (exact) mass is 390 g/mol. The van der Waals surface area contributed by atoms with Gasteiger partial charge in [0.25, 0.3) is 5.91 Å². The summed E-state index contributed by atoms with van der Waals surface area (Å²) in [5.41, 5.74) is 1.73. The maximum absolute atomic E-state index is 12.7. The second-order valence-corrected chi connectivity index (χ2v) is 6.86. The molecule has 1 fully saturated rings. The van der Waals surface area contributed by atoms with Gasteiger partial charge >= 0.3 is 0 Å². The maximum atomic E-state index is 12.7. The second kappa shape index (κ2) is 8.65. The third-order valence-electron chi connectivity index (χ3n) is 4.93. The van der Waals surface area contributed by atoms with E-state index in [9.17, 15) is 9.59 Å². The van der Waals surface area contributed by atoms with E-state index in [1.807, 2.05) is 48.5 Å². The Balaban J connectivity index is 1.37. The van der Waals surface area contributed by atoms with E-state index in [0.717, 1.165) is 24.3 Å². The summed E-state index contributed by atoms with van der Waals surface area (Å²) in [6, 6.07) is 20.9. The van der Waals surface area contributed by atoms with E-state index < -0.39 is 0 Å². The SMILES string of the molecule is O=C(c1cc(=O)c(OCc2ccccc2)co1)N1CCN(c2ccccc2)CC1. The first-order valence-electron chi connectivity index (χ1n) is 9.59. The van der Waals surface area contributed by atoms with E-state index >= 15 is 0 Å². The van der Waals surface area contributed by atoms with Crippen LogP contribution in [0.15, 0.2) is 82.2 Å². The van der Waals surface area contributed by atoms with Crippen molar-refractivity contribution in [2.24, 2.45) is 0 Å². The highest BCUT2D eigenvalue weighted by atomic mass is 16.5. The Morgan fingerprint density at radius 3 is 2.24 bits per heavy atom. The van der Waals surface area contributed by atoms with Gasteiger partial charge in [0.2, 0.25) is 11.2 Å². The van der Waals surface area contributed by atoms with E-state index in [-0.39, 0.29) is 29.5 Å². The number of piperazine rings is 1. The zero-order valence-corrected chi connectivity index (χ0v) is 16.0. The highest BCUT2D eigenvalue weighted by molar-refractivity contribution is 5.91. The van der Waals surface area contributed by atoms with E-state index in [2.05, 4.69) is 17.0 Å². The molecule has 29 heavy (non-hydrogen) atoms. The molecule has 6 nitrogen and oxygen atoms in total. The molecule has 0 aliphatic carbocycles. The third kappa shape index (κ3) is 4.48. The molecule has 0 unspecified atom stereocenters. The molecule has 0 radical (unpaired) electrons. The minimum Gasteiger partial charge on any atom is -0.482 e. The summed E-state index contributed by atoms with van der Waals surface area (Å²) in [6.45, 7) is 2.88. The van der Waals surface area contributed by atoms with Gasteiger partial charge in [-0.25, -0.2) is 0 Å². The van der Waals surface area contributed by atoms with E-state index in [4.69, 9.17) is 9.15 Å². The highest BCUT2D eigenvalue weighted by Gasteiger charge is 2.24. The van der Waals surface area contributed by atoms with Crippen LogP contribution in [0, 0.1) is 0 Å². The Bertz CT molecular complexity index is 1010. The topological polar surface area (TPSA) is 63.0 Å². The molecule has 0 saturated carbocycles. The molecule has 6 heteroatoms. The summed E-state index contributed by atoms with van der Waals surface area (Å²) in [6.07, 6.45) is 1.22. The van der Waals surface area contributed by atoms with E-state index in [0.29, 0.717) is 13.1 Å². The van der Waals surface area contributed by atoms with Gasteiger partial charge in [0.1, 0.15) is 12.9 Å². The Morgan fingerprint density at radius 1 is 0.931 bits per heavy atom. The van der Waals surface area contributed by atoms with Crippen molar-refractivity contribution in [3.63, 3.8) is 0 Å². The fourth-order valence-electron chi connectivity index (χ4n) is 3.31. The lowest BCUT2D eigenvalue weighted by Crippen LogP contribution is -2.48. The molecule has 0 bridgehead atoms. The number of amides is 1. The average Bonchev–Trinajstić information content (AvgIpc) is 2.79. The molecule has 2 aromatic carbocycles. The smallest absolute Gasteiger partial charge is 0.289 e. The summed E-state index contributed by atoms with van der Waals surface area (Å²) in [7, 11) is 0. The average molecular weight is 390 g/mol. The Hall–Kier alpha value is -3.54. The molecule has 0 spiro atoms. The first-order valence-corrected chi connectivity index (χ1v) is 9.59. The zero-order valence-electron chi connectivity index (χ0n) is 16.0. The van der Waals surface area contributed by atoms with Crippen molar-refractivity contribution in [3.05, 3.63) is 94.5 Å². The van der Waals surface area contributed by atoms with Crippen LogP contribution in [-0.2, 0) is 6.61 Å². The predicted octanol–water partition coefficient (Wildman–Crippen LogP) is 3.18. The van der Waals surface area contributed by atoms with Crippen LogP contribution in [0.4, 0.5) is 5.69 Å². The number of hydrogen-bond acceptors (Lipinski definition) is 5. The Kier molecular flexibility index (Phi) is 5.61. The number of ether oxygens (including phenoxy) is 1. The van der Waals surface area contributed by atoms with Crippen LogP contribution >= 0.6 is 0 Å². The second-order valence-electron chi connectivity index (χ2n) is 6.86.